The van der Waals surface area contributed by atoms with E-state index in [2.05, 4.69) is 10.2 Å². The van der Waals surface area contributed by atoms with Crippen molar-refractivity contribution in [3.05, 3.63) is 30.2 Å². The van der Waals surface area contributed by atoms with E-state index in [0.717, 1.165) is 11.3 Å². The van der Waals surface area contributed by atoms with Gasteiger partial charge in [-0.3, -0.25) is 0 Å². The third-order valence-corrected chi connectivity index (χ3v) is 2.63. The first-order valence-electron chi connectivity index (χ1n) is 5.54. The van der Waals surface area contributed by atoms with Crippen molar-refractivity contribution in [3.8, 4) is 17.2 Å². The van der Waals surface area contributed by atoms with E-state index in [4.69, 9.17) is 44.0 Å². The molecule has 0 radical (unpaired) electrons. The molecule has 102 valence electrons. The van der Waals surface area contributed by atoms with Gasteiger partial charge < -0.3 is 9.15 Å². The summed E-state index contributed by atoms with van der Waals surface area (Å²) in [4.78, 5) is 0. The van der Waals surface area contributed by atoms with Gasteiger partial charge in [-0.25, -0.2) is 0 Å². The number of hydrogen-bond donors (Lipinski definition) is 0. The molecule has 1 heterocycles. The third-order valence-electron chi connectivity index (χ3n) is 2.14. The highest BCUT2D eigenvalue weighted by atomic mass is 35.6. The minimum atomic E-state index is -1.72. The molecule has 2 aromatic rings. The summed E-state index contributed by atoms with van der Waals surface area (Å²) in [6.45, 7) is 3.92. The number of rotatable bonds is 3. The highest BCUT2D eigenvalue weighted by molar-refractivity contribution is 6.66. The van der Waals surface area contributed by atoms with E-state index in [-0.39, 0.29) is 17.9 Å². The monoisotopic (exact) mass is 320 g/mol. The van der Waals surface area contributed by atoms with Crippen molar-refractivity contribution in [2.24, 2.45) is 0 Å². The fraction of sp³-hybridized carbons (Fsp3) is 0.333. The first kappa shape index (κ1) is 14.4. The van der Waals surface area contributed by atoms with Crippen LogP contribution in [-0.2, 0) is 3.79 Å². The highest BCUT2D eigenvalue weighted by Crippen LogP contribution is 2.38. The normalized spacial score (nSPS) is 11.9. The van der Waals surface area contributed by atoms with Gasteiger partial charge in [0.25, 0.3) is 9.68 Å². The van der Waals surface area contributed by atoms with E-state index in [1.54, 1.807) is 12.1 Å². The SMILES string of the molecule is CC(C)Oc1ccc(-c2nnc(C(Cl)(Cl)Cl)o2)cc1. The molecule has 0 fully saturated rings. The average Bonchev–Trinajstić information content (AvgIpc) is 2.78. The largest absolute Gasteiger partial charge is 0.491 e. The van der Waals surface area contributed by atoms with Crippen molar-refractivity contribution in [2.45, 2.75) is 23.7 Å². The van der Waals surface area contributed by atoms with Crippen LogP contribution in [0.25, 0.3) is 11.5 Å². The zero-order valence-corrected chi connectivity index (χ0v) is 12.5. The van der Waals surface area contributed by atoms with E-state index in [1.807, 2.05) is 26.0 Å². The third kappa shape index (κ3) is 3.75. The van der Waals surface area contributed by atoms with Gasteiger partial charge in [0.2, 0.25) is 5.89 Å². The van der Waals surface area contributed by atoms with Crippen molar-refractivity contribution in [2.75, 3.05) is 0 Å². The smallest absolute Gasteiger partial charge is 0.268 e. The summed E-state index contributed by atoms with van der Waals surface area (Å²) in [6, 6.07) is 7.23. The fourth-order valence-corrected chi connectivity index (χ4v) is 1.63. The van der Waals surface area contributed by atoms with Crippen LogP contribution in [0.3, 0.4) is 0 Å². The molecule has 0 unspecified atom stereocenters. The van der Waals surface area contributed by atoms with Crippen LogP contribution >= 0.6 is 34.8 Å². The maximum atomic E-state index is 5.66. The van der Waals surface area contributed by atoms with Gasteiger partial charge in [-0.1, -0.05) is 34.8 Å². The standard InChI is InChI=1S/C12H11Cl3N2O2/c1-7(2)18-9-5-3-8(4-6-9)10-16-17-11(19-10)12(13,14)15/h3-7H,1-2H3. The van der Waals surface area contributed by atoms with Crippen LogP contribution in [0.1, 0.15) is 19.7 Å². The second-order valence-corrected chi connectivity index (χ2v) is 6.38. The molecule has 1 aromatic heterocycles. The van der Waals surface area contributed by atoms with Crippen LogP contribution < -0.4 is 4.74 Å². The Kier molecular flexibility index (Phi) is 4.23. The van der Waals surface area contributed by atoms with Gasteiger partial charge >= 0.3 is 0 Å². The Labute approximate surface area is 125 Å². The number of halogens is 3. The molecule has 0 atom stereocenters. The maximum Gasteiger partial charge on any atom is 0.268 e. The molecule has 19 heavy (non-hydrogen) atoms. The summed E-state index contributed by atoms with van der Waals surface area (Å²) in [7, 11) is 0. The van der Waals surface area contributed by atoms with Crippen molar-refractivity contribution in [3.63, 3.8) is 0 Å². The van der Waals surface area contributed by atoms with Crippen LogP contribution in [0.15, 0.2) is 28.7 Å². The fourth-order valence-electron chi connectivity index (χ4n) is 1.40. The summed E-state index contributed by atoms with van der Waals surface area (Å²) in [5.41, 5.74) is 0.726. The zero-order valence-electron chi connectivity index (χ0n) is 10.2. The van der Waals surface area contributed by atoms with E-state index < -0.39 is 3.79 Å². The van der Waals surface area contributed by atoms with E-state index in [9.17, 15) is 0 Å². The predicted octanol–water partition coefficient (Wildman–Crippen LogP) is 4.35. The molecule has 0 amide bonds. The Morgan fingerprint density at radius 1 is 1.11 bits per heavy atom. The number of nitrogens with zero attached hydrogens (tertiary/aromatic N) is 2. The van der Waals surface area contributed by atoms with Gasteiger partial charge in [0.05, 0.1) is 6.10 Å². The number of hydrogen-bond acceptors (Lipinski definition) is 4. The van der Waals surface area contributed by atoms with Gasteiger partial charge in [0.15, 0.2) is 0 Å². The molecule has 7 heteroatoms. The first-order valence-corrected chi connectivity index (χ1v) is 6.67. The second-order valence-electron chi connectivity index (χ2n) is 4.10. The van der Waals surface area contributed by atoms with Crippen LogP contribution in [-0.4, -0.2) is 16.3 Å². The quantitative estimate of drug-likeness (QED) is 0.789. The van der Waals surface area contributed by atoms with Crippen molar-refractivity contribution < 1.29 is 9.15 Å². The molecule has 0 aliphatic rings. The topological polar surface area (TPSA) is 48.2 Å². The molecule has 1 aromatic carbocycles. The van der Waals surface area contributed by atoms with Crippen LogP contribution in [0.4, 0.5) is 0 Å². The first-order chi connectivity index (χ1) is 8.86. The molecular weight excluding hydrogens is 311 g/mol. The van der Waals surface area contributed by atoms with Crippen LogP contribution in [0.2, 0.25) is 0 Å². The average molecular weight is 322 g/mol. The number of benzene rings is 1. The van der Waals surface area contributed by atoms with Gasteiger partial charge in [0, 0.05) is 5.56 Å². The van der Waals surface area contributed by atoms with Crippen LogP contribution in [0, 0.1) is 0 Å². The summed E-state index contributed by atoms with van der Waals surface area (Å²) in [5, 5.41) is 7.52. The van der Waals surface area contributed by atoms with Crippen molar-refractivity contribution in [1.82, 2.24) is 10.2 Å². The molecule has 0 saturated carbocycles. The molecule has 0 bridgehead atoms. The minimum Gasteiger partial charge on any atom is -0.491 e. The Morgan fingerprint density at radius 2 is 1.74 bits per heavy atom. The lowest BCUT2D eigenvalue weighted by molar-refractivity contribution is 0.242. The summed E-state index contributed by atoms with van der Waals surface area (Å²) in [6.07, 6.45) is 0.116. The Bertz CT molecular complexity index is 547. The molecule has 0 N–H and O–H groups in total. The lowest BCUT2D eigenvalue weighted by Gasteiger charge is -2.09. The summed E-state index contributed by atoms with van der Waals surface area (Å²) >= 11 is 17.0. The molecular formula is C12H11Cl3N2O2. The summed E-state index contributed by atoms with van der Waals surface area (Å²) < 4.78 is 9.11. The molecule has 2 rings (SSSR count). The van der Waals surface area contributed by atoms with Gasteiger partial charge in [-0.15, -0.1) is 10.2 Å². The Morgan fingerprint density at radius 3 is 2.21 bits per heavy atom. The molecule has 0 aliphatic heterocycles. The van der Waals surface area contributed by atoms with Gasteiger partial charge in [0.1, 0.15) is 5.75 Å². The number of alkyl halides is 3. The van der Waals surface area contributed by atoms with Gasteiger partial charge in [-0.2, -0.15) is 0 Å². The van der Waals surface area contributed by atoms with E-state index in [0.29, 0.717) is 0 Å². The minimum absolute atomic E-state index is 0.0602. The maximum absolute atomic E-state index is 5.66. The van der Waals surface area contributed by atoms with E-state index >= 15 is 0 Å². The van der Waals surface area contributed by atoms with Crippen molar-refractivity contribution in [1.29, 1.82) is 0 Å². The van der Waals surface area contributed by atoms with Gasteiger partial charge in [-0.05, 0) is 38.1 Å². The molecule has 0 spiro atoms. The Hall–Kier alpha value is -0.970. The molecule has 0 saturated heterocycles. The second kappa shape index (κ2) is 5.57. The zero-order chi connectivity index (χ0) is 14.0. The number of aromatic nitrogens is 2. The predicted molar refractivity (Wildman–Crippen MR) is 74.7 cm³/mol. The lowest BCUT2D eigenvalue weighted by Crippen LogP contribution is -2.05. The van der Waals surface area contributed by atoms with Crippen molar-refractivity contribution >= 4 is 34.8 Å². The lowest BCUT2D eigenvalue weighted by atomic mass is 10.2. The number of ether oxygens (including phenoxy) is 1. The molecule has 4 nitrogen and oxygen atoms in total. The molecule has 0 aliphatic carbocycles. The van der Waals surface area contributed by atoms with E-state index in [1.165, 1.54) is 0 Å². The highest BCUT2D eigenvalue weighted by Gasteiger charge is 2.30. The Balaban J connectivity index is 2.20. The van der Waals surface area contributed by atoms with Crippen LogP contribution in [0.5, 0.6) is 5.75 Å². The summed E-state index contributed by atoms with van der Waals surface area (Å²) in [5.74, 6) is 0.993.